The molecule has 1 unspecified atom stereocenters. The van der Waals surface area contributed by atoms with Gasteiger partial charge >= 0.3 is 0 Å². The third-order valence-corrected chi connectivity index (χ3v) is 4.62. The molecule has 0 radical (unpaired) electrons. The molecule has 1 amide bonds. The van der Waals surface area contributed by atoms with E-state index in [1.807, 2.05) is 61.5 Å². The summed E-state index contributed by atoms with van der Waals surface area (Å²) in [6.45, 7) is 4.03. The largest absolute Gasteiger partial charge is 0.497 e. The zero-order chi connectivity index (χ0) is 17.8. The molecule has 1 atom stereocenters. The van der Waals surface area contributed by atoms with E-state index >= 15 is 0 Å². The summed E-state index contributed by atoms with van der Waals surface area (Å²) < 4.78 is 5.26. The normalized spacial score (nSPS) is 12.0. The molecule has 3 nitrogen and oxygen atoms in total. The van der Waals surface area contributed by atoms with Crippen LogP contribution >= 0.6 is 0 Å². The lowest BCUT2D eigenvalue weighted by atomic mass is 9.96. The van der Waals surface area contributed by atoms with Gasteiger partial charge in [-0.05, 0) is 53.4 Å². The van der Waals surface area contributed by atoms with Crippen LogP contribution in [0.15, 0.2) is 60.7 Å². The standard InChI is InChI=1S/C22H23NO2/c1-4-16-7-5-6-8-21(16)23-22(24)15(2)17-9-10-19-14-20(25-3)12-11-18(19)13-17/h5-15H,4H2,1-3H3,(H,23,24). The summed E-state index contributed by atoms with van der Waals surface area (Å²) in [4.78, 5) is 12.7. The maximum atomic E-state index is 12.7. The van der Waals surface area contributed by atoms with Crippen molar-refractivity contribution in [1.29, 1.82) is 0 Å². The minimum atomic E-state index is -0.226. The van der Waals surface area contributed by atoms with Crippen LogP contribution in [0, 0.1) is 0 Å². The fourth-order valence-electron chi connectivity index (χ4n) is 2.98. The number of rotatable bonds is 5. The van der Waals surface area contributed by atoms with E-state index in [0.29, 0.717) is 0 Å². The van der Waals surface area contributed by atoms with E-state index in [9.17, 15) is 4.79 Å². The Morgan fingerprint density at radius 1 is 1.04 bits per heavy atom. The number of hydrogen-bond donors (Lipinski definition) is 1. The number of benzene rings is 3. The Morgan fingerprint density at radius 3 is 2.52 bits per heavy atom. The van der Waals surface area contributed by atoms with E-state index in [4.69, 9.17) is 4.74 Å². The fourth-order valence-corrected chi connectivity index (χ4v) is 2.98. The second kappa shape index (κ2) is 7.39. The predicted molar refractivity (Wildman–Crippen MR) is 103 cm³/mol. The molecule has 0 bridgehead atoms. The molecule has 3 aromatic carbocycles. The van der Waals surface area contributed by atoms with Gasteiger partial charge in [-0.15, -0.1) is 0 Å². The Bertz CT molecular complexity index is 901. The minimum Gasteiger partial charge on any atom is -0.497 e. The maximum Gasteiger partial charge on any atom is 0.231 e. The van der Waals surface area contributed by atoms with Crippen molar-refractivity contribution in [3.8, 4) is 5.75 Å². The Kier molecular flexibility index (Phi) is 5.03. The molecule has 0 spiro atoms. The van der Waals surface area contributed by atoms with Crippen molar-refractivity contribution in [3.05, 3.63) is 71.8 Å². The van der Waals surface area contributed by atoms with Crippen LogP contribution in [0.4, 0.5) is 5.69 Å². The number of carbonyl (C=O) groups is 1. The van der Waals surface area contributed by atoms with Crippen molar-refractivity contribution in [2.45, 2.75) is 26.2 Å². The van der Waals surface area contributed by atoms with Crippen LogP contribution in [0.3, 0.4) is 0 Å². The van der Waals surface area contributed by atoms with Gasteiger partial charge in [0.05, 0.1) is 13.0 Å². The summed E-state index contributed by atoms with van der Waals surface area (Å²) in [7, 11) is 1.66. The number of para-hydroxylation sites is 1. The molecule has 0 aromatic heterocycles. The number of ether oxygens (including phenoxy) is 1. The Labute approximate surface area is 148 Å². The first-order valence-electron chi connectivity index (χ1n) is 8.59. The molecule has 0 heterocycles. The van der Waals surface area contributed by atoms with E-state index in [2.05, 4.69) is 18.3 Å². The molecule has 0 aliphatic carbocycles. The Hall–Kier alpha value is -2.81. The van der Waals surface area contributed by atoms with E-state index in [1.165, 1.54) is 0 Å². The quantitative estimate of drug-likeness (QED) is 0.701. The summed E-state index contributed by atoms with van der Waals surface area (Å²) in [6.07, 6.45) is 0.892. The van der Waals surface area contributed by atoms with Crippen LogP contribution in [-0.2, 0) is 11.2 Å². The number of fused-ring (bicyclic) bond motifs is 1. The van der Waals surface area contributed by atoms with Gasteiger partial charge < -0.3 is 10.1 Å². The molecule has 128 valence electrons. The molecule has 0 saturated carbocycles. The van der Waals surface area contributed by atoms with Crippen molar-refractivity contribution in [2.24, 2.45) is 0 Å². The number of methoxy groups -OCH3 is 1. The molecule has 0 saturated heterocycles. The zero-order valence-corrected chi connectivity index (χ0v) is 14.9. The molecular formula is C22H23NO2. The van der Waals surface area contributed by atoms with Crippen LogP contribution in [0.5, 0.6) is 5.75 Å². The van der Waals surface area contributed by atoms with Gasteiger partial charge in [0.15, 0.2) is 0 Å². The average molecular weight is 333 g/mol. The fraction of sp³-hybridized carbons (Fsp3) is 0.227. The molecule has 3 aromatic rings. The monoisotopic (exact) mass is 333 g/mol. The van der Waals surface area contributed by atoms with Crippen LogP contribution in [0.25, 0.3) is 10.8 Å². The molecule has 0 aliphatic rings. The molecule has 1 N–H and O–H groups in total. The predicted octanol–water partition coefficient (Wildman–Crippen LogP) is 5.15. The maximum absolute atomic E-state index is 12.7. The van der Waals surface area contributed by atoms with Gasteiger partial charge in [-0.25, -0.2) is 0 Å². The lowest BCUT2D eigenvalue weighted by Crippen LogP contribution is -2.19. The number of aryl methyl sites for hydroxylation is 1. The summed E-state index contributed by atoms with van der Waals surface area (Å²) in [5, 5.41) is 5.27. The van der Waals surface area contributed by atoms with Crippen LogP contribution in [0.1, 0.15) is 30.9 Å². The van der Waals surface area contributed by atoms with E-state index in [1.54, 1.807) is 7.11 Å². The number of anilines is 1. The van der Waals surface area contributed by atoms with E-state index < -0.39 is 0 Å². The van der Waals surface area contributed by atoms with Gasteiger partial charge in [-0.3, -0.25) is 4.79 Å². The summed E-state index contributed by atoms with van der Waals surface area (Å²) >= 11 is 0. The number of amides is 1. The van der Waals surface area contributed by atoms with Crippen LogP contribution in [-0.4, -0.2) is 13.0 Å². The van der Waals surface area contributed by atoms with Crippen molar-refractivity contribution in [2.75, 3.05) is 12.4 Å². The van der Waals surface area contributed by atoms with Crippen molar-refractivity contribution in [1.82, 2.24) is 0 Å². The molecule has 25 heavy (non-hydrogen) atoms. The first kappa shape index (κ1) is 17.0. The van der Waals surface area contributed by atoms with E-state index in [-0.39, 0.29) is 11.8 Å². The smallest absolute Gasteiger partial charge is 0.231 e. The third-order valence-electron chi connectivity index (χ3n) is 4.62. The van der Waals surface area contributed by atoms with Crippen molar-refractivity contribution >= 4 is 22.4 Å². The highest BCUT2D eigenvalue weighted by molar-refractivity contribution is 5.97. The number of carbonyl (C=O) groups excluding carboxylic acids is 1. The van der Waals surface area contributed by atoms with Gasteiger partial charge in [-0.2, -0.15) is 0 Å². The lowest BCUT2D eigenvalue weighted by molar-refractivity contribution is -0.117. The number of hydrogen-bond acceptors (Lipinski definition) is 2. The van der Waals surface area contributed by atoms with Crippen molar-refractivity contribution in [3.63, 3.8) is 0 Å². The Morgan fingerprint density at radius 2 is 1.76 bits per heavy atom. The van der Waals surface area contributed by atoms with Gasteiger partial charge in [0, 0.05) is 5.69 Å². The highest BCUT2D eigenvalue weighted by Crippen LogP contribution is 2.26. The second-order valence-corrected chi connectivity index (χ2v) is 6.19. The van der Waals surface area contributed by atoms with Gasteiger partial charge in [0.25, 0.3) is 0 Å². The second-order valence-electron chi connectivity index (χ2n) is 6.19. The molecule has 3 rings (SSSR count). The summed E-state index contributed by atoms with van der Waals surface area (Å²) in [5.74, 6) is 0.618. The molecule has 3 heteroatoms. The van der Waals surface area contributed by atoms with Crippen molar-refractivity contribution < 1.29 is 9.53 Å². The van der Waals surface area contributed by atoms with Crippen LogP contribution < -0.4 is 10.1 Å². The SMILES string of the molecule is CCc1ccccc1NC(=O)C(C)c1ccc2cc(OC)ccc2c1. The minimum absolute atomic E-state index is 0.00811. The van der Waals surface area contributed by atoms with Gasteiger partial charge in [0.1, 0.15) is 5.75 Å². The lowest BCUT2D eigenvalue weighted by Gasteiger charge is -2.15. The topological polar surface area (TPSA) is 38.3 Å². The summed E-state index contributed by atoms with van der Waals surface area (Å²) in [5.41, 5.74) is 3.05. The number of nitrogens with one attached hydrogen (secondary N) is 1. The average Bonchev–Trinajstić information content (AvgIpc) is 2.66. The highest BCUT2D eigenvalue weighted by Gasteiger charge is 2.16. The molecule has 0 aliphatic heterocycles. The first-order valence-corrected chi connectivity index (χ1v) is 8.59. The molecule has 0 fully saturated rings. The van der Waals surface area contributed by atoms with Gasteiger partial charge in [0.2, 0.25) is 5.91 Å². The van der Waals surface area contributed by atoms with Crippen LogP contribution in [0.2, 0.25) is 0 Å². The van der Waals surface area contributed by atoms with E-state index in [0.717, 1.165) is 39.8 Å². The first-order chi connectivity index (χ1) is 12.1. The zero-order valence-electron chi connectivity index (χ0n) is 14.9. The Balaban J connectivity index is 1.83. The highest BCUT2D eigenvalue weighted by atomic mass is 16.5. The summed E-state index contributed by atoms with van der Waals surface area (Å²) in [6, 6.07) is 20.0. The van der Waals surface area contributed by atoms with Gasteiger partial charge in [-0.1, -0.05) is 49.4 Å². The molecular weight excluding hydrogens is 310 g/mol. The third kappa shape index (κ3) is 3.66.